The number of aliphatic hydroxyl groups excluding tert-OH is 8. The first-order chi connectivity index (χ1) is 34.1. The molecule has 0 aromatic carbocycles. The van der Waals surface area contributed by atoms with Crippen molar-refractivity contribution in [1.29, 1.82) is 0 Å². The summed E-state index contributed by atoms with van der Waals surface area (Å²) in [4.78, 5) is 13.1. The molecule has 12 atom stereocenters. The highest BCUT2D eigenvalue weighted by molar-refractivity contribution is 5.76. The minimum Gasteiger partial charge on any atom is -0.394 e. The Kier molecular flexibility index (Phi) is 38.4. The average molecular weight is 994 g/mol. The van der Waals surface area contributed by atoms with E-state index in [1.807, 2.05) is 6.08 Å². The molecule has 14 nitrogen and oxygen atoms in total. The van der Waals surface area contributed by atoms with Gasteiger partial charge in [0.05, 0.1) is 32.0 Å². The van der Waals surface area contributed by atoms with Gasteiger partial charge < -0.3 is 65.1 Å². The lowest BCUT2D eigenvalue weighted by atomic mass is 9.97. The lowest BCUT2D eigenvalue weighted by Crippen LogP contribution is -2.65. The van der Waals surface area contributed by atoms with Gasteiger partial charge in [-0.1, -0.05) is 190 Å². The number of amides is 1. The number of aliphatic hydroxyl groups is 8. The largest absolute Gasteiger partial charge is 0.394 e. The molecule has 0 spiro atoms. The minimum atomic E-state index is -1.79. The van der Waals surface area contributed by atoms with Gasteiger partial charge in [-0.3, -0.25) is 4.79 Å². The molecule has 1 amide bonds. The van der Waals surface area contributed by atoms with Crippen LogP contribution in [0.15, 0.2) is 60.8 Å². The monoisotopic (exact) mass is 994 g/mol. The van der Waals surface area contributed by atoms with Crippen LogP contribution in [0.3, 0.4) is 0 Å². The zero-order chi connectivity index (χ0) is 51.0. The Bertz CT molecular complexity index is 1410. The van der Waals surface area contributed by atoms with E-state index in [-0.39, 0.29) is 18.9 Å². The van der Waals surface area contributed by atoms with Crippen LogP contribution >= 0.6 is 0 Å². The maximum atomic E-state index is 13.1. The second kappa shape index (κ2) is 42.1. The highest BCUT2D eigenvalue weighted by Gasteiger charge is 2.51. The van der Waals surface area contributed by atoms with Gasteiger partial charge >= 0.3 is 0 Å². The number of carbonyl (C=O) groups is 1. The van der Waals surface area contributed by atoms with Crippen LogP contribution in [0.2, 0.25) is 0 Å². The van der Waals surface area contributed by atoms with Crippen molar-refractivity contribution >= 4 is 5.91 Å². The molecule has 0 saturated carbocycles. The number of rotatable bonds is 42. The number of ether oxygens (including phenoxy) is 4. The van der Waals surface area contributed by atoms with Crippen LogP contribution < -0.4 is 5.32 Å². The Morgan fingerprint density at radius 3 is 1.51 bits per heavy atom. The van der Waals surface area contributed by atoms with E-state index >= 15 is 0 Å². The van der Waals surface area contributed by atoms with Crippen molar-refractivity contribution in [1.82, 2.24) is 5.32 Å². The Balaban J connectivity index is 1.57. The third kappa shape index (κ3) is 28.2. The van der Waals surface area contributed by atoms with Gasteiger partial charge in [-0.2, -0.15) is 0 Å². The number of allylic oxidation sites excluding steroid dienone is 9. The lowest BCUT2D eigenvalue weighted by Gasteiger charge is -2.46. The second-order valence-electron chi connectivity index (χ2n) is 19.3. The third-order valence-electron chi connectivity index (χ3n) is 13.2. The zero-order valence-corrected chi connectivity index (χ0v) is 43.2. The summed E-state index contributed by atoms with van der Waals surface area (Å²) >= 11 is 0. The third-order valence-corrected chi connectivity index (χ3v) is 13.2. The standard InChI is InChI=1S/C56H99NO13/c1-3-5-7-9-10-11-12-13-14-15-16-17-18-19-20-21-22-23-24-25-26-27-28-29-30-31-32-33-34-36-38-40-48(61)57-44(45(60)39-37-35-8-6-4-2)43-67-55-53(66)51(64)54(47(42-59)69-55)70-56-52(65)50(63)49(62)46(41-58)68-56/h5,7,10-11,13-14,16-17,37,39,44-47,49-56,58-60,62-66H,3-4,6,8-9,12,15,18-36,38,40-43H2,1-2H3,(H,57,61)/b7-5-,11-10-,14-13-,17-16-,39-37+. The first-order valence-corrected chi connectivity index (χ1v) is 27.5. The maximum absolute atomic E-state index is 13.1. The SMILES string of the molecule is CC/C=C\C/C=C\C/C=C\C/C=C\CCCCCCCCCCCCCCCCCCCCC(=O)NC(COC1OC(CO)C(OC2OC(CO)C(O)C(O)C2O)C(O)C1O)C(O)/C=C/CCCCC. The first kappa shape index (κ1) is 63.8. The Morgan fingerprint density at radius 1 is 0.529 bits per heavy atom. The molecule has 0 aromatic heterocycles. The summed E-state index contributed by atoms with van der Waals surface area (Å²) in [6, 6.07) is -0.911. The smallest absolute Gasteiger partial charge is 0.220 e. The normalized spacial score (nSPS) is 26.4. The molecule has 2 aliphatic rings. The van der Waals surface area contributed by atoms with Crippen LogP contribution in [-0.4, -0.2) is 140 Å². The van der Waals surface area contributed by atoms with E-state index in [4.69, 9.17) is 18.9 Å². The number of nitrogens with one attached hydrogen (secondary N) is 1. The highest BCUT2D eigenvalue weighted by Crippen LogP contribution is 2.30. The summed E-state index contributed by atoms with van der Waals surface area (Å²) in [5.74, 6) is -0.248. The van der Waals surface area contributed by atoms with Crippen LogP contribution in [0.5, 0.6) is 0 Å². The van der Waals surface area contributed by atoms with E-state index in [1.165, 1.54) is 96.3 Å². The topological polar surface area (TPSA) is 228 Å². The molecule has 0 radical (unpaired) electrons. The average Bonchev–Trinajstić information content (AvgIpc) is 3.36. The van der Waals surface area contributed by atoms with Crippen molar-refractivity contribution < 1.29 is 64.6 Å². The fourth-order valence-corrected chi connectivity index (χ4v) is 8.75. The minimum absolute atomic E-state index is 0.248. The van der Waals surface area contributed by atoms with E-state index in [0.29, 0.717) is 6.42 Å². The second-order valence-corrected chi connectivity index (χ2v) is 19.3. The van der Waals surface area contributed by atoms with Crippen LogP contribution in [-0.2, 0) is 23.7 Å². The van der Waals surface area contributed by atoms with E-state index in [9.17, 15) is 45.6 Å². The molecule has 70 heavy (non-hydrogen) atoms. The Labute approximate surface area is 422 Å². The summed E-state index contributed by atoms with van der Waals surface area (Å²) < 4.78 is 22.6. The van der Waals surface area contributed by atoms with Crippen molar-refractivity contribution in [3.8, 4) is 0 Å². The molecule has 406 valence electrons. The van der Waals surface area contributed by atoms with Crippen molar-refractivity contribution in [2.45, 2.75) is 267 Å². The molecular weight excluding hydrogens is 895 g/mol. The molecule has 2 aliphatic heterocycles. The van der Waals surface area contributed by atoms with E-state index in [1.54, 1.807) is 6.08 Å². The highest BCUT2D eigenvalue weighted by atomic mass is 16.7. The quantitative estimate of drug-likeness (QED) is 0.0208. The first-order valence-electron chi connectivity index (χ1n) is 27.5. The molecule has 2 rings (SSSR count). The fourth-order valence-electron chi connectivity index (χ4n) is 8.75. The Hall–Kier alpha value is -2.31. The molecule has 9 N–H and O–H groups in total. The van der Waals surface area contributed by atoms with Gasteiger partial charge in [0, 0.05) is 6.42 Å². The molecule has 12 unspecified atom stereocenters. The van der Waals surface area contributed by atoms with Gasteiger partial charge in [-0.25, -0.2) is 0 Å². The van der Waals surface area contributed by atoms with Crippen molar-refractivity contribution in [3.63, 3.8) is 0 Å². The van der Waals surface area contributed by atoms with E-state index in [0.717, 1.165) is 70.6 Å². The molecule has 14 heteroatoms. The molecule has 2 saturated heterocycles. The molecule has 0 bridgehead atoms. The van der Waals surface area contributed by atoms with Gasteiger partial charge in [-0.15, -0.1) is 0 Å². The van der Waals surface area contributed by atoms with E-state index < -0.39 is 86.8 Å². The molecule has 0 aromatic rings. The van der Waals surface area contributed by atoms with Crippen LogP contribution in [0, 0.1) is 0 Å². The summed E-state index contributed by atoms with van der Waals surface area (Å²) in [6.45, 7) is 2.55. The molecular formula is C56H99NO13. The number of hydrogen-bond donors (Lipinski definition) is 9. The van der Waals surface area contributed by atoms with Gasteiger partial charge in [0.15, 0.2) is 12.6 Å². The van der Waals surface area contributed by atoms with Crippen molar-refractivity contribution in [2.24, 2.45) is 0 Å². The zero-order valence-electron chi connectivity index (χ0n) is 43.2. The maximum Gasteiger partial charge on any atom is 0.220 e. The molecule has 0 aliphatic carbocycles. The van der Waals surface area contributed by atoms with Crippen molar-refractivity contribution in [3.05, 3.63) is 60.8 Å². The summed E-state index contributed by atoms with van der Waals surface area (Å²) in [6.07, 6.45) is 36.4. The number of carbonyl (C=O) groups excluding carboxylic acids is 1. The van der Waals surface area contributed by atoms with Crippen LogP contribution in [0.25, 0.3) is 0 Å². The van der Waals surface area contributed by atoms with Gasteiger partial charge in [0.25, 0.3) is 0 Å². The summed E-state index contributed by atoms with van der Waals surface area (Å²) in [5.41, 5.74) is 0. The van der Waals surface area contributed by atoms with Crippen LogP contribution in [0.1, 0.15) is 194 Å². The van der Waals surface area contributed by atoms with Gasteiger partial charge in [0.2, 0.25) is 5.91 Å². The Morgan fingerprint density at radius 2 is 0.986 bits per heavy atom. The predicted molar refractivity (Wildman–Crippen MR) is 277 cm³/mol. The van der Waals surface area contributed by atoms with Crippen molar-refractivity contribution in [2.75, 3.05) is 19.8 Å². The van der Waals surface area contributed by atoms with Gasteiger partial charge in [0.1, 0.15) is 48.8 Å². The predicted octanol–water partition coefficient (Wildman–Crippen LogP) is 8.22. The molecule has 2 fully saturated rings. The lowest BCUT2D eigenvalue weighted by molar-refractivity contribution is -0.359. The summed E-state index contributed by atoms with van der Waals surface area (Å²) in [7, 11) is 0. The van der Waals surface area contributed by atoms with Crippen LogP contribution in [0.4, 0.5) is 0 Å². The number of hydrogen-bond acceptors (Lipinski definition) is 13. The molecule has 2 heterocycles. The van der Waals surface area contributed by atoms with E-state index in [2.05, 4.69) is 67.8 Å². The fraction of sp³-hybridized carbons (Fsp3) is 0.804. The van der Waals surface area contributed by atoms with Gasteiger partial charge in [-0.05, 0) is 57.8 Å². The number of unbranched alkanes of at least 4 members (excludes halogenated alkanes) is 21. The summed E-state index contributed by atoms with van der Waals surface area (Å²) in [5, 5.41) is 86.3.